The first-order chi connectivity index (χ1) is 7.89. The van der Waals surface area contributed by atoms with Gasteiger partial charge in [-0.15, -0.1) is 0 Å². The fraction of sp³-hybridized carbons (Fsp3) is 0.800. The van der Waals surface area contributed by atoms with Gasteiger partial charge in [0.15, 0.2) is 5.82 Å². The fourth-order valence-corrected chi connectivity index (χ4v) is 1.97. The van der Waals surface area contributed by atoms with Crippen molar-refractivity contribution < 1.29 is 17.7 Å². The Labute approximate surface area is 96.6 Å². The predicted molar refractivity (Wildman–Crippen MR) is 53.3 cm³/mol. The summed E-state index contributed by atoms with van der Waals surface area (Å²) in [6.07, 6.45) is -2.60. The molecular weight excluding hydrogens is 235 g/mol. The Morgan fingerprint density at radius 1 is 1.41 bits per heavy atom. The monoisotopic (exact) mass is 249 g/mol. The Kier molecular flexibility index (Phi) is 3.11. The van der Waals surface area contributed by atoms with Gasteiger partial charge in [0.1, 0.15) is 6.42 Å². The van der Waals surface area contributed by atoms with E-state index >= 15 is 0 Å². The number of hydrogen-bond acceptors (Lipinski definition) is 4. The summed E-state index contributed by atoms with van der Waals surface area (Å²) in [6.45, 7) is 2.69. The minimum atomic E-state index is -4.30. The van der Waals surface area contributed by atoms with Crippen LogP contribution in [0.25, 0.3) is 0 Å². The quantitative estimate of drug-likeness (QED) is 0.872. The van der Waals surface area contributed by atoms with E-state index in [1.807, 2.05) is 6.92 Å². The van der Waals surface area contributed by atoms with Gasteiger partial charge in [0.05, 0.1) is 5.54 Å². The van der Waals surface area contributed by atoms with Crippen LogP contribution in [0.4, 0.5) is 13.2 Å². The number of rotatable bonds is 2. The molecular formula is C10H14F3N3O. The van der Waals surface area contributed by atoms with Crippen LogP contribution < -0.4 is 5.32 Å². The zero-order chi connectivity index (χ0) is 12.5. The van der Waals surface area contributed by atoms with Crippen LogP contribution in [0.3, 0.4) is 0 Å². The molecule has 0 aromatic carbocycles. The van der Waals surface area contributed by atoms with Crippen molar-refractivity contribution in [2.45, 2.75) is 44.3 Å². The molecule has 0 amide bonds. The van der Waals surface area contributed by atoms with Crippen molar-refractivity contribution in [1.29, 1.82) is 0 Å². The van der Waals surface area contributed by atoms with Gasteiger partial charge in [-0.3, -0.25) is 0 Å². The first-order valence-corrected chi connectivity index (χ1v) is 5.54. The van der Waals surface area contributed by atoms with Crippen LogP contribution in [0.1, 0.15) is 37.9 Å². The molecule has 7 heteroatoms. The van der Waals surface area contributed by atoms with Gasteiger partial charge in [-0.2, -0.15) is 18.2 Å². The van der Waals surface area contributed by atoms with Crippen LogP contribution in [0, 0.1) is 0 Å². The third kappa shape index (κ3) is 2.96. The molecule has 0 saturated carbocycles. The maximum Gasteiger partial charge on any atom is 0.396 e. The third-order valence-electron chi connectivity index (χ3n) is 2.92. The molecule has 1 aliphatic heterocycles. The minimum absolute atomic E-state index is 0.247. The van der Waals surface area contributed by atoms with E-state index in [1.165, 1.54) is 0 Å². The summed E-state index contributed by atoms with van der Waals surface area (Å²) < 4.78 is 41.4. The molecule has 0 radical (unpaired) electrons. The van der Waals surface area contributed by atoms with E-state index in [4.69, 9.17) is 4.52 Å². The summed E-state index contributed by atoms with van der Waals surface area (Å²) in [5.74, 6) is -0.0578. The van der Waals surface area contributed by atoms with Crippen molar-refractivity contribution >= 4 is 0 Å². The highest BCUT2D eigenvalue weighted by Gasteiger charge is 2.36. The molecule has 4 nitrogen and oxygen atoms in total. The van der Waals surface area contributed by atoms with Gasteiger partial charge in [0, 0.05) is 0 Å². The molecule has 1 unspecified atom stereocenters. The summed E-state index contributed by atoms with van der Waals surface area (Å²) in [6, 6.07) is 0. The number of aromatic nitrogens is 2. The highest BCUT2D eigenvalue weighted by molar-refractivity contribution is 5.03. The predicted octanol–water partition coefficient (Wildman–Crippen LogP) is 2.16. The number of piperidine rings is 1. The maximum atomic E-state index is 12.2. The number of nitrogens with zero attached hydrogens (tertiary/aromatic N) is 2. The lowest BCUT2D eigenvalue weighted by molar-refractivity contribution is -0.128. The summed E-state index contributed by atoms with van der Waals surface area (Å²) in [5.41, 5.74) is -0.491. The van der Waals surface area contributed by atoms with Gasteiger partial charge >= 0.3 is 6.18 Å². The molecule has 1 saturated heterocycles. The highest BCUT2D eigenvalue weighted by atomic mass is 19.4. The fourth-order valence-electron chi connectivity index (χ4n) is 1.97. The van der Waals surface area contributed by atoms with E-state index in [-0.39, 0.29) is 11.7 Å². The molecule has 1 aromatic rings. The molecule has 1 fully saturated rings. The average Bonchev–Trinajstić information content (AvgIpc) is 2.65. The lowest BCUT2D eigenvalue weighted by atomic mass is 9.91. The van der Waals surface area contributed by atoms with Gasteiger partial charge in [-0.1, -0.05) is 5.16 Å². The molecule has 2 rings (SSSR count). The second kappa shape index (κ2) is 4.29. The summed E-state index contributed by atoms with van der Waals surface area (Å²) in [7, 11) is 0. The Bertz CT molecular complexity index is 382. The van der Waals surface area contributed by atoms with Gasteiger partial charge < -0.3 is 9.84 Å². The Balaban J connectivity index is 2.12. The molecule has 0 aliphatic carbocycles. The molecule has 2 heterocycles. The van der Waals surface area contributed by atoms with Crippen molar-refractivity contribution in [3.63, 3.8) is 0 Å². The Morgan fingerprint density at radius 3 is 2.76 bits per heavy atom. The minimum Gasteiger partial charge on any atom is -0.337 e. The van der Waals surface area contributed by atoms with Crippen LogP contribution in [0.2, 0.25) is 0 Å². The third-order valence-corrected chi connectivity index (χ3v) is 2.92. The molecule has 0 bridgehead atoms. The zero-order valence-corrected chi connectivity index (χ0v) is 9.47. The van der Waals surface area contributed by atoms with Gasteiger partial charge in [-0.25, -0.2) is 0 Å². The number of halogens is 3. The summed E-state index contributed by atoms with van der Waals surface area (Å²) in [4.78, 5) is 3.83. The molecule has 1 aromatic heterocycles. The van der Waals surface area contributed by atoms with Crippen molar-refractivity contribution in [1.82, 2.24) is 15.5 Å². The molecule has 96 valence electrons. The van der Waals surface area contributed by atoms with Crippen LogP contribution in [-0.4, -0.2) is 22.9 Å². The first-order valence-electron chi connectivity index (χ1n) is 5.54. The normalized spacial score (nSPS) is 26.1. The van der Waals surface area contributed by atoms with Gasteiger partial charge in [0.2, 0.25) is 5.89 Å². The Morgan fingerprint density at radius 2 is 2.18 bits per heavy atom. The van der Waals surface area contributed by atoms with E-state index in [0.29, 0.717) is 0 Å². The van der Waals surface area contributed by atoms with Crippen molar-refractivity contribution in [2.75, 3.05) is 6.54 Å². The summed E-state index contributed by atoms with van der Waals surface area (Å²) >= 11 is 0. The van der Waals surface area contributed by atoms with Crippen molar-refractivity contribution in [2.24, 2.45) is 0 Å². The first kappa shape index (κ1) is 12.3. The van der Waals surface area contributed by atoms with E-state index in [1.54, 1.807) is 0 Å². The lowest BCUT2D eigenvalue weighted by Gasteiger charge is -2.31. The van der Waals surface area contributed by atoms with E-state index < -0.39 is 18.1 Å². The second-order valence-electron chi connectivity index (χ2n) is 4.52. The van der Waals surface area contributed by atoms with E-state index in [9.17, 15) is 13.2 Å². The topological polar surface area (TPSA) is 51.0 Å². The molecule has 0 spiro atoms. The molecule has 1 N–H and O–H groups in total. The lowest BCUT2D eigenvalue weighted by Crippen LogP contribution is -2.43. The van der Waals surface area contributed by atoms with Gasteiger partial charge in [-0.05, 0) is 32.7 Å². The second-order valence-corrected chi connectivity index (χ2v) is 4.52. The zero-order valence-electron chi connectivity index (χ0n) is 9.47. The number of hydrogen-bond donors (Lipinski definition) is 1. The molecule has 17 heavy (non-hydrogen) atoms. The number of alkyl halides is 3. The van der Waals surface area contributed by atoms with Crippen LogP contribution in [-0.2, 0) is 12.0 Å². The number of nitrogens with one attached hydrogen (secondary N) is 1. The van der Waals surface area contributed by atoms with E-state index in [2.05, 4.69) is 15.5 Å². The largest absolute Gasteiger partial charge is 0.396 e. The smallest absolute Gasteiger partial charge is 0.337 e. The van der Waals surface area contributed by atoms with Crippen molar-refractivity contribution in [3.05, 3.63) is 11.7 Å². The SMILES string of the molecule is CC1(c2nc(CC(F)(F)F)no2)CCCCN1. The summed E-state index contributed by atoms with van der Waals surface area (Å²) in [5, 5.41) is 6.59. The van der Waals surface area contributed by atoms with Crippen LogP contribution >= 0.6 is 0 Å². The van der Waals surface area contributed by atoms with Gasteiger partial charge in [0.25, 0.3) is 0 Å². The Hall–Kier alpha value is -1.11. The van der Waals surface area contributed by atoms with Crippen LogP contribution in [0.15, 0.2) is 4.52 Å². The highest BCUT2D eigenvalue weighted by Crippen LogP contribution is 2.29. The van der Waals surface area contributed by atoms with Crippen molar-refractivity contribution in [3.8, 4) is 0 Å². The average molecular weight is 249 g/mol. The standard InChI is InChI=1S/C10H14F3N3O/c1-9(4-2-3-5-14-9)8-15-7(16-17-8)6-10(11,12)13/h14H,2-6H2,1H3. The van der Waals surface area contributed by atoms with Crippen LogP contribution in [0.5, 0.6) is 0 Å². The maximum absolute atomic E-state index is 12.2. The molecule has 1 aliphatic rings. The van der Waals surface area contributed by atoms with E-state index in [0.717, 1.165) is 25.8 Å². The molecule has 1 atom stereocenters.